The molecule has 1 amide bonds. The lowest BCUT2D eigenvalue weighted by Crippen LogP contribution is -2.36. The zero-order valence-electron chi connectivity index (χ0n) is 10.2. The first-order chi connectivity index (χ1) is 7.11. The van der Waals surface area contributed by atoms with Crippen molar-refractivity contribution in [2.75, 3.05) is 33.4 Å². The molecule has 0 saturated heterocycles. The first-order valence-corrected chi connectivity index (χ1v) is 5.58. The maximum absolute atomic E-state index is 11.7. The van der Waals surface area contributed by atoms with Crippen LogP contribution in [0.5, 0.6) is 0 Å². The van der Waals surface area contributed by atoms with Crippen LogP contribution >= 0.6 is 0 Å². The van der Waals surface area contributed by atoms with Crippen LogP contribution in [-0.4, -0.2) is 44.2 Å². The van der Waals surface area contributed by atoms with E-state index in [-0.39, 0.29) is 5.91 Å². The normalized spacial score (nSPS) is 10.7. The van der Waals surface area contributed by atoms with Crippen LogP contribution < -0.4 is 5.73 Å². The average molecular weight is 216 g/mol. The Hall–Kier alpha value is -0.610. The number of hydrogen-bond donors (Lipinski definition) is 1. The summed E-state index contributed by atoms with van der Waals surface area (Å²) >= 11 is 0. The minimum absolute atomic E-state index is 0.166. The third-order valence-corrected chi connectivity index (χ3v) is 2.09. The van der Waals surface area contributed by atoms with Gasteiger partial charge in [0.25, 0.3) is 0 Å². The molecule has 0 aliphatic rings. The largest absolute Gasteiger partial charge is 0.384 e. The van der Waals surface area contributed by atoms with Crippen molar-refractivity contribution in [3.05, 3.63) is 0 Å². The summed E-state index contributed by atoms with van der Waals surface area (Å²) < 4.78 is 4.90. The molecule has 2 N–H and O–H groups in total. The Morgan fingerprint density at radius 3 is 2.60 bits per heavy atom. The number of nitrogens with zero attached hydrogens (tertiary/aromatic N) is 1. The fraction of sp³-hybridized carbons (Fsp3) is 0.909. The van der Waals surface area contributed by atoms with Crippen molar-refractivity contribution in [1.82, 2.24) is 4.90 Å². The summed E-state index contributed by atoms with van der Waals surface area (Å²) in [5.74, 6) is 0.660. The molecule has 4 heteroatoms. The van der Waals surface area contributed by atoms with E-state index >= 15 is 0 Å². The molecule has 0 rings (SSSR count). The van der Waals surface area contributed by atoms with Gasteiger partial charge in [-0.05, 0) is 18.9 Å². The van der Waals surface area contributed by atoms with E-state index in [1.165, 1.54) is 0 Å². The molecule has 0 saturated carbocycles. The third-order valence-electron chi connectivity index (χ3n) is 2.09. The molecule has 15 heavy (non-hydrogen) atoms. The van der Waals surface area contributed by atoms with Crippen molar-refractivity contribution in [1.29, 1.82) is 0 Å². The number of hydrogen-bond acceptors (Lipinski definition) is 3. The van der Waals surface area contributed by atoms with E-state index in [0.29, 0.717) is 25.5 Å². The Balaban J connectivity index is 4.02. The van der Waals surface area contributed by atoms with E-state index < -0.39 is 0 Å². The van der Waals surface area contributed by atoms with Gasteiger partial charge in [-0.25, -0.2) is 0 Å². The van der Waals surface area contributed by atoms with E-state index in [9.17, 15) is 4.79 Å². The van der Waals surface area contributed by atoms with Crippen LogP contribution in [0.25, 0.3) is 0 Å². The van der Waals surface area contributed by atoms with Gasteiger partial charge >= 0.3 is 0 Å². The van der Waals surface area contributed by atoms with E-state index in [1.54, 1.807) is 7.11 Å². The predicted molar refractivity (Wildman–Crippen MR) is 61.6 cm³/mol. The van der Waals surface area contributed by atoms with E-state index in [0.717, 1.165) is 19.5 Å². The Morgan fingerprint density at radius 2 is 2.13 bits per heavy atom. The van der Waals surface area contributed by atoms with Gasteiger partial charge in [0.2, 0.25) is 5.91 Å². The number of amides is 1. The smallest absolute Gasteiger partial charge is 0.224 e. The summed E-state index contributed by atoms with van der Waals surface area (Å²) in [6.07, 6.45) is 1.33. The van der Waals surface area contributed by atoms with Crippen LogP contribution in [0, 0.1) is 5.92 Å². The Kier molecular flexibility index (Phi) is 8.33. The van der Waals surface area contributed by atoms with Crippen LogP contribution in [-0.2, 0) is 9.53 Å². The number of nitrogens with two attached hydrogens (primary N) is 1. The van der Waals surface area contributed by atoms with E-state index in [1.807, 2.05) is 4.90 Å². The molecule has 0 fully saturated rings. The Morgan fingerprint density at radius 1 is 1.47 bits per heavy atom. The number of carbonyl (C=O) groups excluding carboxylic acids is 1. The summed E-state index contributed by atoms with van der Waals surface area (Å²) in [5, 5.41) is 0. The highest BCUT2D eigenvalue weighted by Gasteiger charge is 2.13. The summed E-state index contributed by atoms with van der Waals surface area (Å²) in [6.45, 7) is 6.92. The summed E-state index contributed by atoms with van der Waals surface area (Å²) in [5.41, 5.74) is 5.45. The molecule has 0 aromatic rings. The summed E-state index contributed by atoms with van der Waals surface area (Å²) in [6, 6.07) is 0. The van der Waals surface area contributed by atoms with Gasteiger partial charge in [0.1, 0.15) is 0 Å². The number of rotatable bonds is 8. The van der Waals surface area contributed by atoms with Crippen LogP contribution in [0.1, 0.15) is 26.7 Å². The van der Waals surface area contributed by atoms with Gasteiger partial charge < -0.3 is 15.4 Å². The molecule has 0 aromatic heterocycles. The Bertz CT molecular complexity index is 172. The number of carbonyl (C=O) groups is 1. The molecule has 90 valence electrons. The SMILES string of the molecule is COCCC(=O)N(CCCN)CC(C)C. The second-order valence-corrected chi connectivity index (χ2v) is 4.12. The van der Waals surface area contributed by atoms with Crippen molar-refractivity contribution >= 4 is 5.91 Å². The highest BCUT2D eigenvalue weighted by Crippen LogP contribution is 2.02. The van der Waals surface area contributed by atoms with Crippen molar-refractivity contribution in [2.24, 2.45) is 11.7 Å². The third kappa shape index (κ3) is 7.33. The van der Waals surface area contributed by atoms with Crippen molar-refractivity contribution in [3.8, 4) is 0 Å². The second kappa shape index (κ2) is 8.68. The molecule has 0 atom stereocenters. The monoisotopic (exact) mass is 216 g/mol. The van der Waals surface area contributed by atoms with E-state index in [4.69, 9.17) is 10.5 Å². The van der Waals surface area contributed by atoms with Crippen molar-refractivity contribution in [2.45, 2.75) is 26.7 Å². The van der Waals surface area contributed by atoms with Gasteiger partial charge in [-0.1, -0.05) is 13.8 Å². The molecule has 0 unspecified atom stereocenters. The standard InChI is InChI=1S/C11H24N2O2/c1-10(2)9-13(7-4-6-12)11(14)5-8-15-3/h10H,4-9,12H2,1-3H3. The zero-order chi connectivity index (χ0) is 11.7. The molecule has 0 bridgehead atoms. The fourth-order valence-electron chi connectivity index (χ4n) is 1.39. The lowest BCUT2D eigenvalue weighted by molar-refractivity contribution is -0.132. The number of ether oxygens (including phenoxy) is 1. The summed E-state index contributed by atoms with van der Waals surface area (Å²) in [7, 11) is 1.61. The number of methoxy groups -OCH3 is 1. The molecule has 0 aliphatic carbocycles. The first-order valence-electron chi connectivity index (χ1n) is 5.58. The predicted octanol–water partition coefficient (Wildman–Crippen LogP) is 0.856. The van der Waals surface area contributed by atoms with Gasteiger partial charge in [-0.15, -0.1) is 0 Å². The molecular weight excluding hydrogens is 192 g/mol. The maximum atomic E-state index is 11.7. The van der Waals surface area contributed by atoms with Gasteiger partial charge in [0, 0.05) is 20.2 Å². The molecule has 0 aromatic carbocycles. The first kappa shape index (κ1) is 14.4. The van der Waals surface area contributed by atoms with Gasteiger partial charge in [-0.3, -0.25) is 4.79 Å². The topological polar surface area (TPSA) is 55.6 Å². The molecule has 0 spiro atoms. The van der Waals surface area contributed by atoms with Crippen LogP contribution in [0.4, 0.5) is 0 Å². The van der Waals surface area contributed by atoms with Crippen LogP contribution in [0.3, 0.4) is 0 Å². The lowest BCUT2D eigenvalue weighted by Gasteiger charge is -2.24. The highest BCUT2D eigenvalue weighted by molar-refractivity contribution is 5.76. The molecule has 4 nitrogen and oxygen atoms in total. The van der Waals surface area contributed by atoms with E-state index in [2.05, 4.69) is 13.8 Å². The maximum Gasteiger partial charge on any atom is 0.224 e. The molecule has 0 aliphatic heterocycles. The zero-order valence-corrected chi connectivity index (χ0v) is 10.2. The Labute approximate surface area is 92.8 Å². The summed E-state index contributed by atoms with van der Waals surface area (Å²) in [4.78, 5) is 13.6. The average Bonchev–Trinajstić information content (AvgIpc) is 2.20. The van der Waals surface area contributed by atoms with Gasteiger partial charge in [-0.2, -0.15) is 0 Å². The van der Waals surface area contributed by atoms with Gasteiger partial charge in [0.05, 0.1) is 13.0 Å². The van der Waals surface area contributed by atoms with Gasteiger partial charge in [0.15, 0.2) is 0 Å². The fourth-order valence-corrected chi connectivity index (χ4v) is 1.39. The molecule has 0 radical (unpaired) electrons. The molecular formula is C11H24N2O2. The minimum Gasteiger partial charge on any atom is -0.384 e. The van der Waals surface area contributed by atoms with Crippen LogP contribution in [0.15, 0.2) is 0 Å². The molecule has 0 heterocycles. The lowest BCUT2D eigenvalue weighted by atomic mass is 10.2. The second-order valence-electron chi connectivity index (χ2n) is 4.12. The van der Waals surface area contributed by atoms with Crippen molar-refractivity contribution < 1.29 is 9.53 Å². The minimum atomic E-state index is 0.166. The quantitative estimate of drug-likeness (QED) is 0.654. The van der Waals surface area contributed by atoms with Crippen molar-refractivity contribution in [3.63, 3.8) is 0 Å². The van der Waals surface area contributed by atoms with Crippen LogP contribution in [0.2, 0.25) is 0 Å². The highest BCUT2D eigenvalue weighted by atomic mass is 16.5.